The fourth-order valence-electron chi connectivity index (χ4n) is 2.79. The summed E-state index contributed by atoms with van der Waals surface area (Å²) in [6, 6.07) is 5.72. The number of amides is 1. The van der Waals surface area contributed by atoms with Gasteiger partial charge in [-0.15, -0.1) is 0 Å². The number of carboxylic acids is 1. The highest BCUT2D eigenvalue weighted by Gasteiger charge is 2.21. The molecule has 31 heavy (non-hydrogen) atoms. The number of hydrogen-bond acceptors (Lipinski definition) is 7. The van der Waals surface area contributed by atoms with Gasteiger partial charge >= 0.3 is 11.9 Å². The van der Waals surface area contributed by atoms with E-state index < -0.39 is 35.5 Å². The van der Waals surface area contributed by atoms with Crippen molar-refractivity contribution >= 4 is 17.8 Å². The highest BCUT2D eigenvalue weighted by molar-refractivity contribution is 5.76. The minimum atomic E-state index is -1.08. The number of rotatable bonds is 13. The molecule has 0 aliphatic heterocycles. The van der Waals surface area contributed by atoms with E-state index in [4.69, 9.17) is 15.6 Å². The molecule has 0 bridgehead atoms. The highest BCUT2D eigenvalue weighted by atomic mass is 19.1. The van der Waals surface area contributed by atoms with Crippen molar-refractivity contribution < 1.29 is 28.7 Å². The Kier molecular flexibility index (Phi) is 8.88. The van der Waals surface area contributed by atoms with Crippen LogP contribution in [0, 0.1) is 10.1 Å². The van der Waals surface area contributed by atoms with Gasteiger partial charge in [-0.05, 0) is 35.5 Å². The Labute approximate surface area is 177 Å². The number of ether oxygens (including phenoxy) is 1. The number of aromatic nitrogens is 2. The number of imidazole rings is 1. The number of carboxylic acid groups (broad SMARTS) is 1. The monoisotopic (exact) mass is 437 g/mol. The van der Waals surface area contributed by atoms with E-state index >= 15 is 0 Å². The first kappa shape index (κ1) is 23.7. The Balaban J connectivity index is 1.91. The lowest BCUT2D eigenvalue weighted by Gasteiger charge is -2.22. The number of benzene rings is 1. The molecule has 0 aliphatic rings. The number of carbonyl (C=O) groups excluding carboxylic acids is 1. The van der Waals surface area contributed by atoms with Crippen molar-refractivity contribution in [2.75, 3.05) is 26.4 Å². The van der Waals surface area contributed by atoms with E-state index in [1.165, 1.54) is 17.3 Å². The van der Waals surface area contributed by atoms with Crippen molar-refractivity contribution in [3.8, 4) is 5.75 Å². The van der Waals surface area contributed by atoms with E-state index in [1.807, 2.05) is 0 Å². The van der Waals surface area contributed by atoms with Gasteiger partial charge in [-0.2, -0.15) is 0 Å². The quantitative estimate of drug-likeness (QED) is 0.348. The van der Waals surface area contributed by atoms with Crippen LogP contribution < -0.4 is 10.5 Å². The van der Waals surface area contributed by atoms with E-state index in [0.717, 1.165) is 10.1 Å². The SMILES string of the molecule is N[C@@H](Cc1ccc(OCCN(CCCF)C(=O)Cn2ccnc2[N+](=O)[O-])cc1)C(=O)O. The van der Waals surface area contributed by atoms with Gasteiger partial charge in [0.25, 0.3) is 5.91 Å². The molecule has 1 heterocycles. The number of alkyl halides is 1. The molecule has 1 atom stereocenters. The number of carbonyl (C=O) groups is 2. The Bertz CT molecular complexity index is 888. The zero-order chi connectivity index (χ0) is 22.8. The molecule has 0 fully saturated rings. The van der Waals surface area contributed by atoms with Crippen LogP contribution >= 0.6 is 0 Å². The molecule has 11 nitrogen and oxygen atoms in total. The van der Waals surface area contributed by atoms with E-state index in [1.54, 1.807) is 24.3 Å². The molecule has 0 spiro atoms. The fraction of sp³-hybridized carbons (Fsp3) is 0.421. The third kappa shape index (κ3) is 7.33. The summed E-state index contributed by atoms with van der Waals surface area (Å²) in [6.45, 7) is -0.463. The molecular formula is C19H24FN5O6. The molecule has 1 aromatic heterocycles. The van der Waals surface area contributed by atoms with Crippen LogP contribution in [0.4, 0.5) is 10.3 Å². The first-order valence-electron chi connectivity index (χ1n) is 9.51. The zero-order valence-electron chi connectivity index (χ0n) is 16.7. The molecule has 12 heteroatoms. The van der Waals surface area contributed by atoms with Crippen LogP contribution in [0.15, 0.2) is 36.7 Å². The molecule has 0 aliphatic carbocycles. The summed E-state index contributed by atoms with van der Waals surface area (Å²) in [4.78, 5) is 38.6. The van der Waals surface area contributed by atoms with Gasteiger partial charge < -0.3 is 30.6 Å². The molecule has 2 aromatic rings. The van der Waals surface area contributed by atoms with Gasteiger partial charge in [0.15, 0.2) is 6.54 Å². The van der Waals surface area contributed by atoms with E-state index in [2.05, 4.69) is 4.98 Å². The lowest BCUT2D eigenvalue weighted by molar-refractivity contribution is -0.396. The van der Waals surface area contributed by atoms with Crippen LogP contribution in [0.25, 0.3) is 0 Å². The lowest BCUT2D eigenvalue weighted by atomic mass is 10.1. The molecule has 2 rings (SSSR count). The second kappa shape index (κ2) is 11.6. The molecule has 3 N–H and O–H groups in total. The average molecular weight is 437 g/mol. The van der Waals surface area contributed by atoms with Crippen LogP contribution in [0.5, 0.6) is 5.75 Å². The number of nitrogens with two attached hydrogens (primary N) is 1. The topological polar surface area (TPSA) is 154 Å². The number of aliphatic carboxylic acids is 1. The van der Waals surface area contributed by atoms with E-state index in [0.29, 0.717) is 5.75 Å². The Morgan fingerprint density at radius 1 is 1.32 bits per heavy atom. The second-order valence-corrected chi connectivity index (χ2v) is 6.68. The van der Waals surface area contributed by atoms with Gasteiger partial charge in [-0.3, -0.25) is 14.0 Å². The van der Waals surface area contributed by atoms with Crippen molar-refractivity contribution in [1.82, 2.24) is 14.5 Å². The smallest absolute Gasteiger partial charge is 0.435 e. The summed E-state index contributed by atoms with van der Waals surface area (Å²) < 4.78 is 19.3. The molecule has 1 amide bonds. The fourth-order valence-corrected chi connectivity index (χ4v) is 2.79. The minimum Gasteiger partial charge on any atom is -0.492 e. The molecule has 0 saturated carbocycles. The molecule has 0 radical (unpaired) electrons. The summed E-state index contributed by atoms with van der Waals surface area (Å²) in [5.74, 6) is -1.44. The first-order valence-corrected chi connectivity index (χ1v) is 9.51. The number of hydrogen-bond donors (Lipinski definition) is 2. The summed E-state index contributed by atoms with van der Waals surface area (Å²) in [5, 5.41) is 19.8. The number of halogens is 1. The summed E-state index contributed by atoms with van der Waals surface area (Å²) in [5.41, 5.74) is 6.24. The van der Waals surface area contributed by atoms with Crippen molar-refractivity contribution in [2.24, 2.45) is 5.73 Å². The Morgan fingerprint density at radius 2 is 2.03 bits per heavy atom. The summed E-state index contributed by atoms with van der Waals surface area (Å²) in [7, 11) is 0. The van der Waals surface area contributed by atoms with Gasteiger partial charge in [0.2, 0.25) is 0 Å². The second-order valence-electron chi connectivity index (χ2n) is 6.68. The van der Waals surface area contributed by atoms with Crippen molar-refractivity contribution in [3.05, 3.63) is 52.3 Å². The average Bonchev–Trinajstić information content (AvgIpc) is 3.20. The van der Waals surface area contributed by atoms with Crippen LogP contribution in [-0.2, 0) is 22.6 Å². The maximum Gasteiger partial charge on any atom is 0.435 e. The third-order valence-electron chi connectivity index (χ3n) is 4.40. The predicted octanol–water partition coefficient (Wildman–Crippen LogP) is 1.01. The largest absolute Gasteiger partial charge is 0.492 e. The molecular weight excluding hydrogens is 413 g/mol. The molecule has 168 valence electrons. The van der Waals surface area contributed by atoms with Gasteiger partial charge in [0.1, 0.15) is 30.8 Å². The van der Waals surface area contributed by atoms with Gasteiger partial charge in [-0.25, -0.2) is 4.57 Å². The zero-order valence-corrected chi connectivity index (χ0v) is 16.7. The van der Waals surface area contributed by atoms with Crippen LogP contribution in [-0.4, -0.2) is 68.8 Å². The van der Waals surface area contributed by atoms with Crippen LogP contribution in [0.2, 0.25) is 0 Å². The van der Waals surface area contributed by atoms with Crippen LogP contribution in [0.3, 0.4) is 0 Å². The van der Waals surface area contributed by atoms with Crippen molar-refractivity contribution in [3.63, 3.8) is 0 Å². The van der Waals surface area contributed by atoms with Gasteiger partial charge in [0.05, 0.1) is 13.2 Å². The molecule has 0 unspecified atom stereocenters. The van der Waals surface area contributed by atoms with Crippen LogP contribution in [0.1, 0.15) is 12.0 Å². The van der Waals surface area contributed by atoms with E-state index in [9.17, 15) is 24.1 Å². The maximum absolute atomic E-state index is 12.6. The Hall–Kier alpha value is -3.54. The predicted molar refractivity (Wildman–Crippen MR) is 107 cm³/mol. The number of nitrogens with zero attached hydrogens (tertiary/aromatic N) is 4. The highest BCUT2D eigenvalue weighted by Crippen LogP contribution is 2.14. The van der Waals surface area contributed by atoms with Crippen molar-refractivity contribution in [1.29, 1.82) is 0 Å². The third-order valence-corrected chi connectivity index (χ3v) is 4.40. The summed E-state index contributed by atoms with van der Waals surface area (Å²) in [6.07, 6.45) is 2.88. The first-order chi connectivity index (χ1) is 14.8. The van der Waals surface area contributed by atoms with Crippen molar-refractivity contribution in [2.45, 2.75) is 25.4 Å². The number of nitro groups is 1. The minimum absolute atomic E-state index is 0.123. The van der Waals surface area contributed by atoms with Gasteiger partial charge in [0, 0.05) is 6.54 Å². The summed E-state index contributed by atoms with van der Waals surface area (Å²) >= 11 is 0. The molecule has 1 aromatic carbocycles. The van der Waals surface area contributed by atoms with Gasteiger partial charge in [-0.1, -0.05) is 17.1 Å². The maximum atomic E-state index is 12.6. The molecule has 0 saturated heterocycles. The standard InChI is InChI=1S/C19H24FN5O6/c20-6-1-8-23(17(26)13-24-9-7-22-19(24)25(29)30)10-11-31-15-4-2-14(3-5-15)12-16(21)18(27)28/h2-5,7,9,16H,1,6,8,10-13,21H2,(H,27,28)/t16-/m0/s1. The van der Waals surface area contributed by atoms with E-state index in [-0.39, 0.29) is 39.1 Å². The normalized spacial score (nSPS) is 11.7. The Morgan fingerprint density at radius 3 is 2.65 bits per heavy atom. The lowest BCUT2D eigenvalue weighted by Crippen LogP contribution is -2.38.